The molecule has 0 bridgehead atoms. The van der Waals surface area contributed by atoms with Crippen molar-refractivity contribution in [2.75, 3.05) is 5.32 Å². The summed E-state index contributed by atoms with van der Waals surface area (Å²) >= 11 is 5.79. The van der Waals surface area contributed by atoms with Crippen molar-refractivity contribution in [3.8, 4) is 0 Å². The average Bonchev–Trinajstić information content (AvgIpc) is 2.55. The van der Waals surface area contributed by atoms with Crippen molar-refractivity contribution in [3.05, 3.63) is 64.7 Å². The molecule has 0 aromatic heterocycles. The lowest BCUT2D eigenvalue weighted by molar-refractivity contribution is -0.116. The zero-order valence-corrected chi connectivity index (χ0v) is 14.1. The maximum atomic E-state index is 12.1. The molecule has 2 rings (SSSR count). The van der Waals surface area contributed by atoms with Crippen LogP contribution in [-0.4, -0.2) is 11.7 Å². The van der Waals surface area contributed by atoms with Crippen molar-refractivity contribution >= 4 is 29.0 Å². The predicted molar refractivity (Wildman–Crippen MR) is 94.2 cm³/mol. The third kappa shape index (κ3) is 5.22. The summed E-state index contributed by atoms with van der Waals surface area (Å²) in [5.41, 5.74) is 2.52. The molecule has 0 fully saturated rings. The van der Waals surface area contributed by atoms with Crippen molar-refractivity contribution < 1.29 is 9.59 Å². The molecule has 0 saturated heterocycles. The normalized spacial score (nSPS) is 10.6. The third-order valence-electron chi connectivity index (χ3n) is 3.61. The highest BCUT2D eigenvalue weighted by Gasteiger charge is 2.10. The molecular formula is C19H20ClNO2. The number of anilines is 1. The minimum absolute atomic E-state index is 0.0217. The summed E-state index contributed by atoms with van der Waals surface area (Å²) in [5, 5.41) is 3.36. The molecule has 4 heteroatoms. The van der Waals surface area contributed by atoms with Crippen LogP contribution in [0.2, 0.25) is 5.02 Å². The first kappa shape index (κ1) is 17.2. The summed E-state index contributed by atoms with van der Waals surface area (Å²) in [6.07, 6.45) is 0.355. The average molecular weight is 330 g/mol. The lowest BCUT2D eigenvalue weighted by Crippen LogP contribution is -2.13. The van der Waals surface area contributed by atoms with Gasteiger partial charge in [0.25, 0.3) is 0 Å². The highest BCUT2D eigenvalue weighted by Crippen LogP contribution is 2.17. The molecule has 0 aliphatic rings. The van der Waals surface area contributed by atoms with E-state index in [4.69, 9.17) is 11.6 Å². The van der Waals surface area contributed by atoms with Crippen LogP contribution >= 0.6 is 11.6 Å². The Kier molecular flexibility index (Phi) is 5.94. The predicted octanol–water partition coefficient (Wildman–Crippen LogP) is 5.07. The molecule has 120 valence electrons. The summed E-state index contributed by atoms with van der Waals surface area (Å²) in [6.45, 7) is 4.22. The van der Waals surface area contributed by atoms with Gasteiger partial charge in [0.15, 0.2) is 5.78 Å². The zero-order chi connectivity index (χ0) is 16.8. The Morgan fingerprint density at radius 2 is 1.57 bits per heavy atom. The molecule has 0 aliphatic heterocycles. The standard InChI is InChI=1S/C19H20ClNO2/c1-13(2)14-3-5-15(6-4-14)18(22)11-12-19(23)21-17-9-7-16(20)8-10-17/h3-10,13H,11-12H2,1-2H3,(H,21,23). The number of hydrogen-bond donors (Lipinski definition) is 1. The molecule has 0 atom stereocenters. The van der Waals surface area contributed by atoms with Crippen LogP contribution in [0.4, 0.5) is 5.69 Å². The minimum atomic E-state index is -0.181. The number of hydrogen-bond acceptors (Lipinski definition) is 2. The quantitative estimate of drug-likeness (QED) is 0.752. The maximum absolute atomic E-state index is 12.1. The van der Waals surface area contributed by atoms with Gasteiger partial charge in [0.2, 0.25) is 5.91 Å². The van der Waals surface area contributed by atoms with E-state index in [9.17, 15) is 9.59 Å². The van der Waals surface area contributed by atoms with Gasteiger partial charge in [-0.3, -0.25) is 9.59 Å². The van der Waals surface area contributed by atoms with E-state index in [1.54, 1.807) is 24.3 Å². The van der Waals surface area contributed by atoms with E-state index < -0.39 is 0 Å². The second-order valence-corrected chi connectivity index (χ2v) is 6.19. The number of carbonyl (C=O) groups is 2. The molecule has 0 unspecified atom stereocenters. The number of rotatable bonds is 6. The van der Waals surface area contributed by atoms with E-state index in [1.165, 1.54) is 5.56 Å². The molecule has 0 heterocycles. The van der Waals surface area contributed by atoms with E-state index in [0.717, 1.165) is 0 Å². The first-order valence-corrected chi connectivity index (χ1v) is 8.02. The van der Waals surface area contributed by atoms with E-state index in [0.29, 0.717) is 22.2 Å². The molecule has 0 saturated carbocycles. The van der Waals surface area contributed by atoms with E-state index in [2.05, 4.69) is 19.2 Å². The fourth-order valence-electron chi connectivity index (χ4n) is 2.18. The van der Waals surface area contributed by atoms with Gasteiger partial charge in [0.1, 0.15) is 0 Å². The van der Waals surface area contributed by atoms with Gasteiger partial charge in [-0.15, -0.1) is 0 Å². The molecule has 3 nitrogen and oxygen atoms in total. The van der Waals surface area contributed by atoms with Gasteiger partial charge in [0, 0.05) is 29.1 Å². The molecule has 2 aromatic carbocycles. The van der Waals surface area contributed by atoms with Crippen LogP contribution in [0.1, 0.15) is 48.5 Å². The van der Waals surface area contributed by atoms with Crippen molar-refractivity contribution in [2.45, 2.75) is 32.6 Å². The van der Waals surface area contributed by atoms with Crippen LogP contribution in [0, 0.1) is 0 Å². The van der Waals surface area contributed by atoms with E-state index >= 15 is 0 Å². The summed E-state index contributed by atoms with van der Waals surface area (Å²) in [4.78, 5) is 24.0. The summed E-state index contributed by atoms with van der Waals surface area (Å²) in [6, 6.07) is 14.5. The Labute approximate surface area is 141 Å². The topological polar surface area (TPSA) is 46.2 Å². The summed E-state index contributed by atoms with van der Waals surface area (Å²) in [7, 11) is 0. The van der Waals surface area contributed by atoms with E-state index in [-0.39, 0.29) is 24.5 Å². The Balaban J connectivity index is 1.85. The summed E-state index contributed by atoms with van der Waals surface area (Å²) < 4.78 is 0. The lowest BCUT2D eigenvalue weighted by atomic mass is 9.99. The van der Waals surface area contributed by atoms with Crippen molar-refractivity contribution in [1.82, 2.24) is 0 Å². The number of carbonyl (C=O) groups excluding carboxylic acids is 2. The molecule has 2 aromatic rings. The van der Waals surface area contributed by atoms with Crippen LogP contribution in [-0.2, 0) is 4.79 Å². The van der Waals surface area contributed by atoms with Gasteiger partial charge in [-0.25, -0.2) is 0 Å². The molecule has 0 radical (unpaired) electrons. The molecular weight excluding hydrogens is 310 g/mol. The Bertz CT molecular complexity index is 676. The number of amides is 1. The number of Topliss-reactive ketones (excluding diaryl/α,β-unsaturated/α-hetero) is 1. The second-order valence-electron chi connectivity index (χ2n) is 5.75. The monoisotopic (exact) mass is 329 g/mol. The number of halogens is 1. The zero-order valence-electron chi connectivity index (χ0n) is 13.3. The Morgan fingerprint density at radius 3 is 2.13 bits per heavy atom. The summed E-state index contributed by atoms with van der Waals surface area (Å²) in [5.74, 6) is 0.232. The van der Waals surface area contributed by atoms with Crippen LogP contribution < -0.4 is 5.32 Å². The van der Waals surface area contributed by atoms with Gasteiger partial charge in [-0.1, -0.05) is 49.7 Å². The van der Waals surface area contributed by atoms with Crippen LogP contribution in [0.25, 0.3) is 0 Å². The largest absolute Gasteiger partial charge is 0.326 e. The smallest absolute Gasteiger partial charge is 0.224 e. The number of nitrogens with one attached hydrogen (secondary N) is 1. The molecule has 1 amide bonds. The minimum Gasteiger partial charge on any atom is -0.326 e. The fourth-order valence-corrected chi connectivity index (χ4v) is 2.31. The second kappa shape index (κ2) is 7.93. The number of ketones is 1. The SMILES string of the molecule is CC(C)c1ccc(C(=O)CCC(=O)Nc2ccc(Cl)cc2)cc1. The fraction of sp³-hybridized carbons (Fsp3) is 0.263. The molecule has 23 heavy (non-hydrogen) atoms. The highest BCUT2D eigenvalue weighted by molar-refractivity contribution is 6.30. The molecule has 0 aliphatic carbocycles. The van der Waals surface area contributed by atoms with Gasteiger partial charge in [-0.2, -0.15) is 0 Å². The number of benzene rings is 2. The van der Waals surface area contributed by atoms with Gasteiger partial charge in [0.05, 0.1) is 0 Å². The van der Waals surface area contributed by atoms with Crippen LogP contribution in [0.3, 0.4) is 0 Å². The third-order valence-corrected chi connectivity index (χ3v) is 3.86. The van der Waals surface area contributed by atoms with E-state index in [1.807, 2.05) is 24.3 Å². The van der Waals surface area contributed by atoms with Crippen molar-refractivity contribution in [3.63, 3.8) is 0 Å². The Hall–Kier alpha value is -2.13. The van der Waals surface area contributed by atoms with Crippen molar-refractivity contribution in [2.24, 2.45) is 0 Å². The van der Waals surface area contributed by atoms with Gasteiger partial charge >= 0.3 is 0 Å². The first-order valence-electron chi connectivity index (χ1n) is 7.64. The van der Waals surface area contributed by atoms with Crippen LogP contribution in [0.15, 0.2) is 48.5 Å². The maximum Gasteiger partial charge on any atom is 0.224 e. The molecule has 0 spiro atoms. The Morgan fingerprint density at radius 1 is 0.957 bits per heavy atom. The van der Waals surface area contributed by atoms with Gasteiger partial charge < -0.3 is 5.32 Å². The highest BCUT2D eigenvalue weighted by atomic mass is 35.5. The first-order chi connectivity index (χ1) is 11.0. The van der Waals surface area contributed by atoms with Crippen LogP contribution in [0.5, 0.6) is 0 Å². The van der Waals surface area contributed by atoms with Crippen molar-refractivity contribution in [1.29, 1.82) is 0 Å². The van der Waals surface area contributed by atoms with Gasteiger partial charge in [-0.05, 0) is 35.7 Å². The lowest BCUT2D eigenvalue weighted by Gasteiger charge is -2.07. The molecule has 1 N–H and O–H groups in total.